The number of allylic oxidation sites excluding steroid dienone is 2. The highest BCUT2D eigenvalue weighted by Crippen LogP contribution is 2.52. The number of pyridine rings is 1. The number of aliphatic imine (C=N–C) groups is 1. The monoisotopic (exact) mass is 495 g/mol. The zero-order chi connectivity index (χ0) is 18.8. The quantitative estimate of drug-likeness (QED) is 0.204. The fourth-order valence-electron chi connectivity index (χ4n) is 4.56. The van der Waals surface area contributed by atoms with Crippen molar-refractivity contribution >= 4 is 41.8 Å². The van der Waals surface area contributed by atoms with E-state index in [0.29, 0.717) is 19.0 Å². The van der Waals surface area contributed by atoms with Crippen LogP contribution in [0.25, 0.3) is 0 Å². The lowest BCUT2D eigenvalue weighted by atomic mass is 9.85. The van der Waals surface area contributed by atoms with E-state index in [2.05, 4.69) is 32.8 Å². The number of amides is 2. The summed E-state index contributed by atoms with van der Waals surface area (Å²) in [6, 6.07) is 3.96. The highest BCUT2D eigenvalue weighted by Gasteiger charge is 2.58. The van der Waals surface area contributed by atoms with Crippen LogP contribution in [0.2, 0.25) is 0 Å². The molecule has 1 saturated heterocycles. The number of nitrogens with zero attached hydrogens (tertiary/aromatic N) is 3. The van der Waals surface area contributed by atoms with Gasteiger partial charge < -0.3 is 10.6 Å². The van der Waals surface area contributed by atoms with Gasteiger partial charge in [0.05, 0.1) is 11.8 Å². The lowest BCUT2D eigenvalue weighted by Gasteiger charge is -2.18. The van der Waals surface area contributed by atoms with Gasteiger partial charge in [-0.15, -0.1) is 24.0 Å². The van der Waals surface area contributed by atoms with Crippen LogP contribution in [-0.2, 0) is 16.0 Å². The first kappa shape index (κ1) is 20.8. The van der Waals surface area contributed by atoms with Crippen LogP contribution < -0.4 is 10.6 Å². The molecule has 2 N–H and O–H groups in total. The standard InChI is InChI=1S/C20H25N5O2.HI/c1-21-20(23-8-6-13-3-2-7-22-12-13)24-9-10-25-18(26)16-14-4-5-15(11-14)17(16)19(25)27;/h2-5,7,12,14-17H,6,8-11H2,1H3,(H2,21,23,24);1H. The largest absolute Gasteiger partial charge is 0.356 e. The fraction of sp³-hybridized carbons (Fsp3) is 0.500. The zero-order valence-corrected chi connectivity index (χ0v) is 18.2. The van der Waals surface area contributed by atoms with Gasteiger partial charge in [0.25, 0.3) is 0 Å². The summed E-state index contributed by atoms with van der Waals surface area (Å²) in [7, 11) is 1.71. The van der Waals surface area contributed by atoms with Crippen molar-refractivity contribution in [2.75, 3.05) is 26.7 Å². The molecule has 1 saturated carbocycles. The molecule has 3 aliphatic rings. The Labute approximate surface area is 182 Å². The highest BCUT2D eigenvalue weighted by atomic mass is 127. The average Bonchev–Trinajstić information content (AvgIpc) is 3.37. The topological polar surface area (TPSA) is 86.7 Å². The summed E-state index contributed by atoms with van der Waals surface area (Å²) in [4.78, 5) is 35.0. The molecule has 2 bridgehead atoms. The minimum absolute atomic E-state index is 0. The smallest absolute Gasteiger partial charge is 0.233 e. The van der Waals surface area contributed by atoms with E-state index in [1.165, 1.54) is 4.90 Å². The summed E-state index contributed by atoms with van der Waals surface area (Å²) in [5.74, 6) is 0.952. The second-order valence-electron chi connectivity index (χ2n) is 7.37. The van der Waals surface area contributed by atoms with Crippen molar-refractivity contribution in [2.45, 2.75) is 12.8 Å². The Kier molecular flexibility index (Phi) is 6.69. The van der Waals surface area contributed by atoms with E-state index >= 15 is 0 Å². The van der Waals surface area contributed by atoms with Gasteiger partial charge in [-0.05, 0) is 36.3 Å². The van der Waals surface area contributed by atoms with E-state index in [1.807, 2.05) is 18.3 Å². The van der Waals surface area contributed by atoms with Crippen LogP contribution in [0.5, 0.6) is 0 Å². The van der Waals surface area contributed by atoms with Gasteiger partial charge in [-0.25, -0.2) is 0 Å². The lowest BCUT2D eigenvalue weighted by Crippen LogP contribution is -2.44. The van der Waals surface area contributed by atoms with E-state index in [-0.39, 0.29) is 59.5 Å². The van der Waals surface area contributed by atoms with Gasteiger partial charge in [0, 0.05) is 39.1 Å². The Morgan fingerprint density at radius 1 is 1.18 bits per heavy atom. The van der Waals surface area contributed by atoms with Crippen molar-refractivity contribution in [2.24, 2.45) is 28.7 Å². The van der Waals surface area contributed by atoms with Gasteiger partial charge in [0.15, 0.2) is 5.96 Å². The van der Waals surface area contributed by atoms with Gasteiger partial charge in [0.2, 0.25) is 11.8 Å². The van der Waals surface area contributed by atoms with E-state index in [1.54, 1.807) is 13.2 Å². The number of nitrogens with one attached hydrogen (secondary N) is 2. The normalized spacial score (nSPS) is 27.8. The molecule has 0 spiro atoms. The summed E-state index contributed by atoms with van der Waals surface area (Å²) in [6.07, 6.45) is 9.65. The minimum atomic E-state index is -0.121. The van der Waals surface area contributed by atoms with Crippen LogP contribution in [0, 0.1) is 23.7 Å². The van der Waals surface area contributed by atoms with Gasteiger partial charge in [-0.3, -0.25) is 24.5 Å². The number of carbonyl (C=O) groups excluding carboxylic acids is 2. The third-order valence-corrected chi connectivity index (χ3v) is 5.84. The minimum Gasteiger partial charge on any atom is -0.356 e. The third kappa shape index (κ3) is 3.92. The van der Waals surface area contributed by atoms with Gasteiger partial charge >= 0.3 is 0 Å². The summed E-state index contributed by atoms with van der Waals surface area (Å²) < 4.78 is 0. The maximum atomic E-state index is 12.7. The molecule has 4 atom stereocenters. The molecule has 0 radical (unpaired) electrons. The number of rotatable bonds is 6. The van der Waals surface area contributed by atoms with Crippen molar-refractivity contribution in [3.8, 4) is 0 Å². The maximum absolute atomic E-state index is 12.7. The van der Waals surface area contributed by atoms with Crippen molar-refractivity contribution in [3.63, 3.8) is 0 Å². The summed E-state index contributed by atoms with van der Waals surface area (Å²) in [5, 5.41) is 6.43. The average molecular weight is 495 g/mol. The molecule has 4 unspecified atom stereocenters. The molecular weight excluding hydrogens is 469 g/mol. The number of likely N-dealkylation sites (tertiary alicyclic amines) is 1. The van der Waals surface area contributed by atoms with Crippen LogP contribution >= 0.6 is 24.0 Å². The van der Waals surface area contributed by atoms with Crippen molar-refractivity contribution in [3.05, 3.63) is 42.2 Å². The van der Waals surface area contributed by atoms with Gasteiger partial charge in [0.1, 0.15) is 0 Å². The molecular formula is C20H26IN5O2. The Hall–Kier alpha value is -1.97. The number of halogens is 1. The molecule has 28 heavy (non-hydrogen) atoms. The second kappa shape index (κ2) is 9.02. The van der Waals surface area contributed by atoms with Crippen molar-refractivity contribution < 1.29 is 9.59 Å². The highest BCUT2D eigenvalue weighted by molar-refractivity contribution is 14.0. The fourth-order valence-corrected chi connectivity index (χ4v) is 4.56. The third-order valence-electron chi connectivity index (χ3n) is 5.84. The first-order valence-electron chi connectivity index (χ1n) is 9.56. The number of guanidine groups is 1. The van der Waals surface area contributed by atoms with E-state index in [9.17, 15) is 9.59 Å². The molecule has 2 fully saturated rings. The second-order valence-corrected chi connectivity index (χ2v) is 7.37. The van der Waals surface area contributed by atoms with E-state index in [4.69, 9.17) is 0 Å². The predicted molar refractivity (Wildman–Crippen MR) is 117 cm³/mol. The molecule has 2 heterocycles. The van der Waals surface area contributed by atoms with Gasteiger partial charge in [-0.2, -0.15) is 0 Å². The molecule has 1 aromatic heterocycles. The maximum Gasteiger partial charge on any atom is 0.233 e. The Bertz CT molecular complexity index is 752. The molecule has 150 valence electrons. The first-order chi connectivity index (χ1) is 13.2. The van der Waals surface area contributed by atoms with Crippen LogP contribution in [0.1, 0.15) is 12.0 Å². The zero-order valence-electron chi connectivity index (χ0n) is 15.9. The van der Waals surface area contributed by atoms with Crippen LogP contribution in [0.4, 0.5) is 0 Å². The Balaban J connectivity index is 0.00000225. The molecule has 7 nitrogen and oxygen atoms in total. The number of fused-ring (bicyclic) bond motifs is 5. The molecule has 8 heteroatoms. The lowest BCUT2D eigenvalue weighted by molar-refractivity contribution is -0.140. The van der Waals surface area contributed by atoms with Crippen LogP contribution in [0.15, 0.2) is 41.7 Å². The molecule has 4 rings (SSSR count). The molecule has 1 aromatic rings. The summed E-state index contributed by atoms with van der Waals surface area (Å²) in [6.45, 7) is 1.60. The molecule has 1 aliphatic heterocycles. The molecule has 2 amide bonds. The number of imide groups is 1. The van der Waals surface area contributed by atoms with Crippen LogP contribution in [0.3, 0.4) is 0 Å². The Morgan fingerprint density at radius 3 is 2.46 bits per heavy atom. The molecule has 0 aromatic carbocycles. The van der Waals surface area contributed by atoms with Gasteiger partial charge in [-0.1, -0.05) is 18.2 Å². The summed E-state index contributed by atoms with van der Waals surface area (Å²) >= 11 is 0. The number of carbonyl (C=O) groups is 2. The van der Waals surface area contributed by atoms with Crippen molar-refractivity contribution in [1.82, 2.24) is 20.5 Å². The van der Waals surface area contributed by atoms with Crippen molar-refractivity contribution in [1.29, 1.82) is 0 Å². The van der Waals surface area contributed by atoms with E-state index in [0.717, 1.165) is 24.9 Å². The number of hydrogen-bond acceptors (Lipinski definition) is 4. The predicted octanol–water partition coefficient (Wildman–Crippen LogP) is 1.21. The molecule has 2 aliphatic carbocycles. The SMILES string of the molecule is CN=C(NCCc1cccnc1)NCCN1C(=O)C2C3C=CC(C3)C2C1=O.I. The number of aromatic nitrogens is 1. The van der Waals surface area contributed by atoms with E-state index < -0.39 is 0 Å². The van der Waals surface area contributed by atoms with Crippen LogP contribution in [-0.4, -0.2) is 54.3 Å². The summed E-state index contributed by atoms with van der Waals surface area (Å²) in [5.41, 5.74) is 1.16. The Morgan fingerprint density at radius 2 is 1.86 bits per heavy atom. The number of hydrogen-bond donors (Lipinski definition) is 2. The first-order valence-corrected chi connectivity index (χ1v) is 9.56.